The topological polar surface area (TPSA) is 51.0 Å². The molecule has 4 nitrogen and oxygen atoms in total. The lowest BCUT2D eigenvalue weighted by molar-refractivity contribution is 0.288. The van der Waals surface area contributed by atoms with E-state index in [9.17, 15) is 0 Å². The number of nitrogens with zero attached hydrogens (tertiary/aromatic N) is 2. The molecule has 1 saturated carbocycles. The minimum atomic E-state index is 0.418. The lowest BCUT2D eigenvalue weighted by Crippen LogP contribution is -2.29. The van der Waals surface area contributed by atoms with Crippen LogP contribution in [-0.2, 0) is 6.42 Å². The lowest BCUT2D eigenvalue weighted by atomic mass is 9.86. The third kappa shape index (κ3) is 3.63. The monoisotopic (exact) mass is 305 g/mol. The van der Waals surface area contributed by atoms with Gasteiger partial charge >= 0.3 is 0 Å². The van der Waals surface area contributed by atoms with Crippen LogP contribution in [0.4, 0.5) is 0 Å². The number of aromatic nitrogens is 2. The van der Waals surface area contributed by atoms with Crippen LogP contribution < -0.4 is 5.32 Å². The van der Waals surface area contributed by atoms with Crippen molar-refractivity contribution in [1.29, 1.82) is 0 Å². The molecular weight excluding hydrogens is 286 g/mol. The van der Waals surface area contributed by atoms with E-state index in [4.69, 9.17) is 16.1 Å². The zero-order valence-corrected chi connectivity index (χ0v) is 12.9. The first-order valence-electron chi connectivity index (χ1n) is 7.49. The van der Waals surface area contributed by atoms with Gasteiger partial charge in [-0.2, -0.15) is 4.98 Å². The van der Waals surface area contributed by atoms with Crippen LogP contribution in [0.15, 0.2) is 28.8 Å². The van der Waals surface area contributed by atoms with E-state index in [1.165, 1.54) is 12.8 Å². The minimum absolute atomic E-state index is 0.418. The van der Waals surface area contributed by atoms with E-state index >= 15 is 0 Å². The maximum Gasteiger partial charge on any atom is 0.229 e. The summed E-state index contributed by atoms with van der Waals surface area (Å²) in [6.07, 6.45) is 5.28. The van der Waals surface area contributed by atoms with Crippen molar-refractivity contribution in [3.63, 3.8) is 0 Å². The standard InChI is InChI=1S/C16H20ClN3O/c1-18-14-8-4-12(5-9-14)16-19-15(20-21-16)10-11-2-6-13(17)7-3-11/h2-3,6-7,12,14,18H,4-5,8-10H2,1H3. The lowest BCUT2D eigenvalue weighted by Gasteiger charge is -2.25. The molecular formula is C16H20ClN3O. The maximum atomic E-state index is 5.89. The van der Waals surface area contributed by atoms with Gasteiger partial charge in [-0.05, 0) is 50.4 Å². The molecule has 1 aromatic carbocycles. The first kappa shape index (κ1) is 14.5. The second-order valence-electron chi connectivity index (χ2n) is 5.69. The number of halogens is 1. The van der Waals surface area contributed by atoms with Gasteiger partial charge < -0.3 is 9.84 Å². The maximum absolute atomic E-state index is 5.89. The molecule has 112 valence electrons. The van der Waals surface area contributed by atoms with Crippen LogP contribution in [0, 0.1) is 0 Å². The minimum Gasteiger partial charge on any atom is -0.339 e. The molecule has 0 unspecified atom stereocenters. The molecule has 0 saturated heterocycles. The van der Waals surface area contributed by atoms with Gasteiger partial charge in [0.2, 0.25) is 5.89 Å². The molecule has 1 fully saturated rings. The van der Waals surface area contributed by atoms with Crippen molar-refractivity contribution < 1.29 is 4.52 Å². The van der Waals surface area contributed by atoms with E-state index in [1.807, 2.05) is 31.3 Å². The third-order valence-corrected chi connectivity index (χ3v) is 4.50. The largest absolute Gasteiger partial charge is 0.339 e. The van der Waals surface area contributed by atoms with Crippen molar-refractivity contribution in [1.82, 2.24) is 15.5 Å². The SMILES string of the molecule is CNC1CCC(c2nc(Cc3ccc(Cl)cc3)no2)CC1. The summed E-state index contributed by atoms with van der Waals surface area (Å²) in [4.78, 5) is 4.57. The van der Waals surface area contributed by atoms with Gasteiger partial charge in [-0.15, -0.1) is 0 Å². The highest BCUT2D eigenvalue weighted by Gasteiger charge is 2.25. The molecule has 1 aromatic heterocycles. The highest BCUT2D eigenvalue weighted by Crippen LogP contribution is 2.31. The molecule has 1 heterocycles. The second kappa shape index (κ2) is 6.58. The third-order valence-electron chi connectivity index (χ3n) is 4.24. The van der Waals surface area contributed by atoms with Gasteiger partial charge in [0.25, 0.3) is 0 Å². The first-order valence-corrected chi connectivity index (χ1v) is 7.86. The van der Waals surface area contributed by atoms with E-state index < -0.39 is 0 Å². The van der Waals surface area contributed by atoms with Crippen LogP contribution in [0.1, 0.15) is 48.9 Å². The van der Waals surface area contributed by atoms with Crippen molar-refractivity contribution in [3.05, 3.63) is 46.6 Å². The zero-order valence-electron chi connectivity index (χ0n) is 12.2. The molecule has 1 aliphatic carbocycles. The summed E-state index contributed by atoms with van der Waals surface area (Å²) < 4.78 is 5.46. The average Bonchev–Trinajstić information content (AvgIpc) is 2.98. The molecule has 1 aliphatic rings. The normalized spacial score (nSPS) is 22.4. The summed E-state index contributed by atoms with van der Waals surface area (Å²) in [7, 11) is 2.03. The van der Waals surface area contributed by atoms with Crippen molar-refractivity contribution in [2.75, 3.05) is 7.05 Å². The van der Waals surface area contributed by atoms with Gasteiger partial charge in [-0.25, -0.2) is 0 Å². The highest BCUT2D eigenvalue weighted by atomic mass is 35.5. The molecule has 2 aromatic rings. The first-order chi connectivity index (χ1) is 10.2. The van der Waals surface area contributed by atoms with Crippen LogP contribution in [0.5, 0.6) is 0 Å². The van der Waals surface area contributed by atoms with Crippen LogP contribution in [0.25, 0.3) is 0 Å². The molecule has 0 spiro atoms. The number of hydrogen-bond donors (Lipinski definition) is 1. The van der Waals surface area contributed by atoms with E-state index in [0.717, 1.165) is 35.1 Å². The predicted octanol–water partition coefficient (Wildman–Crippen LogP) is 3.56. The Balaban J connectivity index is 1.62. The summed E-state index contributed by atoms with van der Waals surface area (Å²) in [5.41, 5.74) is 1.14. The van der Waals surface area contributed by atoms with Gasteiger partial charge in [0.15, 0.2) is 5.82 Å². The summed E-state index contributed by atoms with van der Waals surface area (Å²) in [5, 5.41) is 8.20. The van der Waals surface area contributed by atoms with Crippen LogP contribution in [0.2, 0.25) is 5.02 Å². The molecule has 1 N–H and O–H groups in total. The molecule has 0 aliphatic heterocycles. The molecule has 0 bridgehead atoms. The molecule has 3 rings (SSSR count). The fraction of sp³-hybridized carbons (Fsp3) is 0.500. The second-order valence-corrected chi connectivity index (χ2v) is 6.13. The average molecular weight is 306 g/mol. The van der Waals surface area contributed by atoms with Crippen LogP contribution in [-0.4, -0.2) is 23.2 Å². The Bertz CT molecular complexity index is 573. The van der Waals surface area contributed by atoms with Gasteiger partial charge in [0.05, 0.1) is 0 Å². The van der Waals surface area contributed by atoms with E-state index in [1.54, 1.807) is 0 Å². The Hall–Kier alpha value is -1.39. The van der Waals surface area contributed by atoms with Crippen LogP contribution in [0.3, 0.4) is 0 Å². The quantitative estimate of drug-likeness (QED) is 0.938. The summed E-state index contributed by atoms with van der Waals surface area (Å²) in [6.45, 7) is 0. The molecule has 0 radical (unpaired) electrons. The number of rotatable bonds is 4. The predicted molar refractivity (Wildman–Crippen MR) is 82.6 cm³/mol. The summed E-state index contributed by atoms with van der Waals surface area (Å²) in [5.74, 6) is 1.97. The highest BCUT2D eigenvalue weighted by molar-refractivity contribution is 6.30. The molecule has 21 heavy (non-hydrogen) atoms. The Morgan fingerprint density at radius 1 is 1.19 bits per heavy atom. The molecule has 0 amide bonds. The number of hydrogen-bond acceptors (Lipinski definition) is 4. The van der Waals surface area contributed by atoms with E-state index in [0.29, 0.717) is 18.4 Å². The van der Waals surface area contributed by atoms with Crippen molar-refractivity contribution in [3.8, 4) is 0 Å². The molecule has 0 atom stereocenters. The Morgan fingerprint density at radius 2 is 1.90 bits per heavy atom. The van der Waals surface area contributed by atoms with Crippen molar-refractivity contribution in [2.45, 2.75) is 44.1 Å². The fourth-order valence-electron chi connectivity index (χ4n) is 2.92. The van der Waals surface area contributed by atoms with Gasteiger partial charge in [-0.3, -0.25) is 0 Å². The van der Waals surface area contributed by atoms with E-state index in [2.05, 4.69) is 15.5 Å². The Morgan fingerprint density at radius 3 is 2.57 bits per heavy atom. The Kier molecular flexibility index (Phi) is 4.56. The van der Waals surface area contributed by atoms with E-state index in [-0.39, 0.29) is 0 Å². The number of benzene rings is 1. The van der Waals surface area contributed by atoms with Crippen LogP contribution >= 0.6 is 11.6 Å². The van der Waals surface area contributed by atoms with Gasteiger partial charge in [-0.1, -0.05) is 28.9 Å². The number of nitrogens with one attached hydrogen (secondary N) is 1. The van der Waals surface area contributed by atoms with Crippen molar-refractivity contribution >= 4 is 11.6 Å². The summed E-state index contributed by atoms with van der Waals surface area (Å²) in [6, 6.07) is 8.40. The van der Waals surface area contributed by atoms with Gasteiger partial charge in [0, 0.05) is 23.4 Å². The smallest absolute Gasteiger partial charge is 0.229 e. The fourth-order valence-corrected chi connectivity index (χ4v) is 3.04. The molecule has 5 heteroatoms. The van der Waals surface area contributed by atoms with Crippen molar-refractivity contribution in [2.24, 2.45) is 0 Å². The summed E-state index contributed by atoms with van der Waals surface area (Å²) >= 11 is 5.89. The van der Waals surface area contributed by atoms with Gasteiger partial charge in [0.1, 0.15) is 0 Å². The zero-order chi connectivity index (χ0) is 14.7. The Labute approximate surface area is 129 Å².